The number of rotatable bonds is 7. The molecule has 32 heavy (non-hydrogen) atoms. The summed E-state index contributed by atoms with van der Waals surface area (Å²) in [6.45, 7) is 0.302. The summed E-state index contributed by atoms with van der Waals surface area (Å²) in [7, 11) is -3.71. The second-order valence-corrected chi connectivity index (χ2v) is 9.06. The first-order valence-corrected chi connectivity index (χ1v) is 11.2. The van der Waals surface area contributed by atoms with Crippen LogP contribution in [0.15, 0.2) is 78.0 Å². The maximum atomic E-state index is 12.8. The van der Waals surface area contributed by atoms with Crippen LogP contribution < -0.4 is 10.6 Å². The van der Waals surface area contributed by atoms with Gasteiger partial charge < -0.3 is 10.6 Å². The zero-order valence-corrected chi connectivity index (χ0v) is 17.6. The lowest BCUT2D eigenvalue weighted by atomic mass is 10.1. The highest BCUT2D eigenvalue weighted by molar-refractivity contribution is 7.91. The first kappa shape index (κ1) is 23.3. The Kier molecular flexibility index (Phi) is 7.14. The number of benzene rings is 2. The minimum absolute atomic E-state index is 0.0206. The molecule has 0 spiro atoms. The second-order valence-electron chi connectivity index (χ2n) is 6.95. The fourth-order valence-electron chi connectivity index (χ4n) is 2.88. The van der Waals surface area contributed by atoms with Crippen LogP contribution in [0.5, 0.6) is 0 Å². The van der Waals surface area contributed by atoms with Gasteiger partial charge in [0.1, 0.15) is 0 Å². The SMILES string of the molecule is O=C(NCc1ccncc1)Nc1ccc(S(=O)(=O)CCc2cccc(C(F)(F)F)c2)cc1. The van der Waals surface area contributed by atoms with Gasteiger partial charge in [0, 0.05) is 24.6 Å². The molecule has 3 rings (SSSR count). The highest BCUT2D eigenvalue weighted by Gasteiger charge is 2.30. The van der Waals surface area contributed by atoms with Crippen LogP contribution in [-0.2, 0) is 29.0 Å². The van der Waals surface area contributed by atoms with E-state index in [1.54, 1.807) is 24.5 Å². The minimum Gasteiger partial charge on any atom is -0.334 e. The van der Waals surface area contributed by atoms with Crippen LogP contribution in [0.1, 0.15) is 16.7 Å². The molecule has 0 radical (unpaired) electrons. The van der Waals surface area contributed by atoms with Crippen molar-refractivity contribution in [3.8, 4) is 0 Å². The number of sulfone groups is 1. The van der Waals surface area contributed by atoms with Crippen LogP contribution in [-0.4, -0.2) is 25.2 Å². The number of hydrogen-bond donors (Lipinski definition) is 2. The summed E-state index contributed by atoms with van der Waals surface area (Å²) in [6, 6.07) is 13.3. The van der Waals surface area contributed by atoms with Crippen molar-refractivity contribution < 1.29 is 26.4 Å². The first-order chi connectivity index (χ1) is 15.1. The number of hydrogen-bond acceptors (Lipinski definition) is 4. The molecule has 2 aromatic carbocycles. The van der Waals surface area contributed by atoms with Crippen molar-refractivity contribution in [1.29, 1.82) is 0 Å². The van der Waals surface area contributed by atoms with Gasteiger partial charge in [0.15, 0.2) is 9.84 Å². The van der Waals surface area contributed by atoms with Crippen LogP contribution in [0.4, 0.5) is 23.7 Å². The lowest BCUT2D eigenvalue weighted by molar-refractivity contribution is -0.137. The van der Waals surface area contributed by atoms with E-state index in [9.17, 15) is 26.4 Å². The Morgan fingerprint density at radius 1 is 0.938 bits per heavy atom. The van der Waals surface area contributed by atoms with E-state index in [1.165, 1.54) is 36.4 Å². The Morgan fingerprint density at radius 3 is 2.28 bits per heavy atom. The maximum Gasteiger partial charge on any atom is 0.416 e. The molecule has 1 aromatic heterocycles. The normalized spacial score (nSPS) is 11.7. The molecule has 0 unspecified atom stereocenters. The van der Waals surface area contributed by atoms with Gasteiger partial charge in [-0.05, 0) is 60.0 Å². The standard InChI is InChI=1S/C22H20F3N3O3S/c23-22(24,25)18-3-1-2-16(14-18)10-13-32(30,31)20-6-4-19(5-7-20)28-21(29)27-15-17-8-11-26-12-9-17/h1-9,11-12,14H,10,13,15H2,(H2,27,28,29). The number of nitrogens with one attached hydrogen (secondary N) is 2. The van der Waals surface area contributed by atoms with Crippen molar-refractivity contribution >= 4 is 21.6 Å². The van der Waals surface area contributed by atoms with Crippen molar-refractivity contribution in [1.82, 2.24) is 10.3 Å². The Labute approximate surface area is 183 Å². The fourth-order valence-corrected chi connectivity index (χ4v) is 4.17. The van der Waals surface area contributed by atoms with Gasteiger partial charge in [0.05, 0.1) is 16.2 Å². The van der Waals surface area contributed by atoms with Crippen molar-refractivity contribution in [2.45, 2.75) is 24.0 Å². The van der Waals surface area contributed by atoms with E-state index in [4.69, 9.17) is 0 Å². The molecule has 2 N–H and O–H groups in total. The van der Waals surface area contributed by atoms with Crippen LogP contribution in [0.25, 0.3) is 0 Å². The number of aromatic nitrogens is 1. The summed E-state index contributed by atoms with van der Waals surface area (Å²) in [4.78, 5) is 15.9. The Hall–Kier alpha value is -3.40. The molecule has 0 aliphatic rings. The van der Waals surface area contributed by atoms with Crippen molar-refractivity contribution in [2.75, 3.05) is 11.1 Å². The number of anilines is 1. The molecule has 0 saturated heterocycles. The molecule has 10 heteroatoms. The number of amides is 2. The molecular weight excluding hydrogens is 443 g/mol. The molecule has 0 fully saturated rings. The Bertz CT molecular complexity index is 1170. The third-order valence-electron chi connectivity index (χ3n) is 4.59. The third kappa shape index (κ3) is 6.55. The number of carbonyl (C=O) groups is 1. The van der Waals surface area contributed by atoms with Crippen molar-refractivity contribution in [2.24, 2.45) is 0 Å². The van der Waals surface area contributed by atoms with Crippen LogP contribution >= 0.6 is 0 Å². The van der Waals surface area contributed by atoms with Gasteiger partial charge in [-0.15, -0.1) is 0 Å². The quantitative estimate of drug-likeness (QED) is 0.542. The highest BCUT2D eigenvalue weighted by atomic mass is 32.2. The molecule has 3 aromatic rings. The number of halogens is 3. The number of alkyl halides is 3. The molecule has 0 aliphatic heterocycles. The zero-order chi connectivity index (χ0) is 23.2. The topological polar surface area (TPSA) is 88.2 Å². The number of aryl methyl sites for hydroxylation is 1. The summed E-state index contributed by atoms with van der Waals surface area (Å²) in [5, 5.41) is 5.27. The van der Waals surface area contributed by atoms with Gasteiger partial charge in [-0.1, -0.05) is 18.2 Å². The summed E-state index contributed by atoms with van der Waals surface area (Å²) < 4.78 is 63.6. The van der Waals surface area contributed by atoms with Gasteiger partial charge in [0.2, 0.25) is 0 Å². The monoisotopic (exact) mass is 463 g/mol. The Balaban J connectivity index is 1.56. The van der Waals surface area contributed by atoms with E-state index in [0.29, 0.717) is 12.2 Å². The minimum atomic E-state index is -4.48. The third-order valence-corrected chi connectivity index (χ3v) is 6.32. The molecule has 1 heterocycles. The number of nitrogens with zero attached hydrogens (tertiary/aromatic N) is 1. The summed E-state index contributed by atoms with van der Waals surface area (Å²) >= 11 is 0. The molecular formula is C22H20F3N3O3S. The maximum absolute atomic E-state index is 12.8. The molecule has 0 aliphatic carbocycles. The molecule has 168 valence electrons. The van der Waals surface area contributed by atoms with Gasteiger partial charge >= 0.3 is 12.2 Å². The highest BCUT2D eigenvalue weighted by Crippen LogP contribution is 2.29. The molecule has 2 amide bonds. The van der Waals surface area contributed by atoms with Crippen LogP contribution in [0, 0.1) is 0 Å². The number of urea groups is 1. The smallest absolute Gasteiger partial charge is 0.334 e. The van der Waals surface area contributed by atoms with E-state index in [2.05, 4.69) is 15.6 Å². The lowest BCUT2D eigenvalue weighted by Gasteiger charge is -2.10. The van der Waals surface area contributed by atoms with Gasteiger partial charge in [-0.25, -0.2) is 13.2 Å². The second kappa shape index (κ2) is 9.82. The lowest BCUT2D eigenvalue weighted by Crippen LogP contribution is -2.28. The van der Waals surface area contributed by atoms with Gasteiger partial charge in [-0.3, -0.25) is 4.98 Å². The van der Waals surface area contributed by atoms with Crippen molar-refractivity contribution in [3.05, 3.63) is 89.7 Å². The summed E-state index contributed by atoms with van der Waals surface area (Å²) in [6.07, 6.45) is -1.31. The largest absolute Gasteiger partial charge is 0.416 e. The molecule has 6 nitrogen and oxygen atoms in total. The fraction of sp³-hybridized carbons (Fsp3) is 0.182. The van der Waals surface area contributed by atoms with E-state index in [-0.39, 0.29) is 22.6 Å². The molecule has 0 atom stereocenters. The molecule has 0 saturated carbocycles. The summed E-state index contributed by atoms with van der Waals surface area (Å²) in [5.74, 6) is -0.340. The number of carbonyl (C=O) groups excluding carboxylic acids is 1. The molecule has 0 bridgehead atoms. The van der Waals surface area contributed by atoms with E-state index < -0.39 is 27.6 Å². The predicted molar refractivity (Wildman–Crippen MR) is 114 cm³/mol. The zero-order valence-electron chi connectivity index (χ0n) is 16.8. The van der Waals surface area contributed by atoms with E-state index in [0.717, 1.165) is 17.7 Å². The van der Waals surface area contributed by atoms with Crippen LogP contribution in [0.2, 0.25) is 0 Å². The Morgan fingerprint density at radius 2 is 1.62 bits per heavy atom. The predicted octanol–water partition coefficient (Wildman–Crippen LogP) is 4.44. The first-order valence-electron chi connectivity index (χ1n) is 9.56. The van der Waals surface area contributed by atoms with E-state index in [1.807, 2.05) is 0 Å². The van der Waals surface area contributed by atoms with E-state index >= 15 is 0 Å². The van der Waals surface area contributed by atoms with Gasteiger partial charge in [0.25, 0.3) is 0 Å². The number of pyridine rings is 1. The average molecular weight is 463 g/mol. The average Bonchev–Trinajstić information content (AvgIpc) is 2.77. The van der Waals surface area contributed by atoms with Gasteiger partial charge in [-0.2, -0.15) is 13.2 Å². The summed E-state index contributed by atoms with van der Waals surface area (Å²) in [5.41, 5.74) is 0.740. The van der Waals surface area contributed by atoms with Crippen LogP contribution in [0.3, 0.4) is 0 Å². The van der Waals surface area contributed by atoms with Crippen molar-refractivity contribution in [3.63, 3.8) is 0 Å².